The van der Waals surface area contributed by atoms with Crippen molar-refractivity contribution in [3.05, 3.63) is 45.8 Å². The largest absolute Gasteiger partial charge is 0.342 e. The van der Waals surface area contributed by atoms with Crippen LogP contribution in [0.2, 0.25) is 0 Å². The van der Waals surface area contributed by atoms with Gasteiger partial charge >= 0.3 is 0 Å². The molecular weight excluding hydrogens is 252 g/mol. The Kier molecular flexibility index (Phi) is 3.46. The van der Waals surface area contributed by atoms with Crippen LogP contribution in [0.25, 0.3) is 0 Å². The first-order valence-electron chi connectivity index (χ1n) is 5.37. The van der Waals surface area contributed by atoms with Gasteiger partial charge in [-0.15, -0.1) is 10.2 Å². The van der Waals surface area contributed by atoms with E-state index in [0.29, 0.717) is 5.82 Å². The molecular formula is C10H10N6O3. The molecule has 1 aromatic heterocycles. The molecule has 1 unspecified atom stereocenters. The summed E-state index contributed by atoms with van der Waals surface area (Å²) in [5.41, 5.74) is -0.261. The first-order valence-corrected chi connectivity index (χ1v) is 5.37. The monoisotopic (exact) mass is 262 g/mol. The van der Waals surface area contributed by atoms with Crippen LogP contribution in [0.3, 0.4) is 0 Å². The molecule has 0 saturated heterocycles. The average Bonchev–Trinajstić information content (AvgIpc) is 2.92. The van der Waals surface area contributed by atoms with Crippen molar-refractivity contribution in [1.29, 1.82) is 0 Å². The number of amides is 1. The molecule has 0 spiro atoms. The fraction of sp³-hybridized carbons (Fsp3) is 0.200. The average molecular weight is 262 g/mol. The lowest BCUT2D eigenvalue weighted by Crippen LogP contribution is -2.28. The number of nitro groups is 1. The van der Waals surface area contributed by atoms with E-state index in [1.165, 1.54) is 18.2 Å². The zero-order chi connectivity index (χ0) is 13.8. The predicted molar refractivity (Wildman–Crippen MR) is 63.2 cm³/mol. The van der Waals surface area contributed by atoms with E-state index in [0.717, 1.165) is 0 Å². The van der Waals surface area contributed by atoms with Crippen LogP contribution in [0.15, 0.2) is 24.3 Å². The van der Waals surface area contributed by atoms with Gasteiger partial charge in [0.25, 0.3) is 11.6 Å². The Balaban J connectivity index is 2.19. The third-order valence-electron chi connectivity index (χ3n) is 2.44. The zero-order valence-corrected chi connectivity index (χ0v) is 9.90. The van der Waals surface area contributed by atoms with E-state index >= 15 is 0 Å². The topological polar surface area (TPSA) is 127 Å². The molecule has 98 valence electrons. The fourth-order valence-electron chi connectivity index (χ4n) is 1.52. The van der Waals surface area contributed by atoms with Crippen molar-refractivity contribution in [3.63, 3.8) is 0 Å². The summed E-state index contributed by atoms with van der Waals surface area (Å²) < 4.78 is 0. The Morgan fingerprint density at radius 3 is 2.84 bits per heavy atom. The van der Waals surface area contributed by atoms with Gasteiger partial charge in [0, 0.05) is 6.07 Å². The third kappa shape index (κ3) is 2.70. The van der Waals surface area contributed by atoms with Crippen LogP contribution in [0, 0.1) is 10.1 Å². The number of aromatic amines is 1. The number of nitrogens with zero attached hydrogens (tertiary/aromatic N) is 4. The summed E-state index contributed by atoms with van der Waals surface area (Å²) >= 11 is 0. The Morgan fingerprint density at radius 1 is 1.47 bits per heavy atom. The van der Waals surface area contributed by atoms with Crippen LogP contribution < -0.4 is 5.32 Å². The van der Waals surface area contributed by atoms with Gasteiger partial charge in [-0.1, -0.05) is 17.3 Å². The molecule has 9 nitrogen and oxygen atoms in total. The lowest BCUT2D eigenvalue weighted by atomic mass is 10.1. The van der Waals surface area contributed by atoms with Gasteiger partial charge in [0.05, 0.1) is 11.0 Å². The van der Waals surface area contributed by atoms with E-state index in [4.69, 9.17) is 0 Å². The molecule has 0 aliphatic heterocycles. The van der Waals surface area contributed by atoms with Crippen molar-refractivity contribution in [3.8, 4) is 0 Å². The molecule has 2 aromatic rings. The fourth-order valence-corrected chi connectivity index (χ4v) is 1.52. The van der Waals surface area contributed by atoms with Gasteiger partial charge in [-0.3, -0.25) is 14.9 Å². The number of carbonyl (C=O) groups excluding carboxylic acids is 1. The number of nitro benzene ring substituents is 1. The first-order chi connectivity index (χ1) is 9.09. The van der Waals surface area contributed by atoms with Gasteiger partial charge in [0.2, 0.25) is 0 Å². The normalized spacial score (nSPS) is 11.8. The summed E-state index contributed by atoms with van der Waals surface area (Å²) in [5, 5.41) is 26.5. The minimum absolute atomic E-state index is 0.0113. The second-order valence-electron chi connectivity index (χ2n) is 3.74. The smallest absolute Gasteiger partial charge is 0.282 e. The standard InChI is InChI=1S/C10H10N6O3/c1-6(9-12-14-15-13-9)11-10(17)7-4-2-3-5-8(7)16(18)19/h2-6H,1H3,(H,11,17)(H,12,13,14,15). The summed E-state index contributed by atoms with van der Waals surface area (Å²) in [5.74, 6) is -0.267. The molecule has 0 aliphatic rings. The SMILES string of the molecule is CC(NC(=O)c1ccccc1[N+](=O)[O-])c1nn[nH]n1. The third-order valence-corrected chi connectivity index (χ3v) is 2.44. The van der Waals surface area contributed by atoms with E-state index in [2.05, 4.69) is 25.9 Å². The Bertz CT molecular complexity index is 597. The number of nitrogens with one attached hydrogen (secondary N) is 2. The molecule has 1 heterocycles. The molecule has 0 bridgehead atoms. The lowest BCUT2D eigenvalue weighted by Gasteiger charge is -2.09. The van der Waals surface area contributed by atoms with Gasteiger partial charge < -0.3 is 5.32 Å². The zero-order valence-electron chi connectivity index (χ0n) is 9.90. The van der Waals surface area contributed by atoms with Crippen LogP contribution >= 0.6 is 0 Å². The highest BCUT2D eigenvalue weighted by Crippen LogP contribution is 2.18. The summed E-state index contributed by atoms with van der Waals surface area (Å²) in [6.07, 6.45) is 0. The molecule has 19 heavy (non-hydrogen) atoms. The van der Waals surface area contributed by atoms with Crippen molar-refractivity contribution in [2.24, 2.45) is 0 Å². The number of H-pyrrole nitrogens is 1. The van der Waals surface area contributed by atoms with Gasteiger partial charge in [-0.25, -0.2) is 0 Å². The number of benzene rings is 1. The van der Waals surface area contributed by atoms with Gasteiger partial charge in [0.15, 0.2) is 5.82 Å². The number of rotatable bonds is 4. The number of para-hydroxylation sites is 1. The second kappa shape index (κ2) is 5.21. The van der Waals surface area contributed by atoms with Crippen LogP contribution in [-0.4, -0.2) is 31.5 Å². The van der Waals surface area contributed by atoms with E-state index < -0.39 is 16.9 Å². The number of hydrogen-bond acceptors (Lipinski definition) is 6. The minimum atomic E-state index is -0.603. The number of hydrogen-bond donors (Lipinski definition) is 2. The summed E-state index contributed by atoms with van der Waals surface area (Å²) in [6.45, 7) is 1.65. The molecule has 1 atom stereocenters. The highest BCUT2D eigenvalue weighted by molar-refractivity contribution is 5.98. The highest BCUT2D eigenvalue weighted by atomic mass is 16.6. The molecule has 2 N–H and O–H groups in total. The van der Waals surface area contributed by atoms with Crippen LogP contribution in [0.4, 0.5) is 5.69 Å². The molecule has 1 amide bonds. The second-order valence-corrected chi connectivity index (χ2v) is 3.74. The Labute approximate surface area is 107 Å². The quantitative estimate of drug-likeness (QED) is 0.613. The number of aromatic nitrogens is 4. The van der Waals surface area contributed by atoms with E-state index in [-0.39, 0.29) is 11.3 Å². The van der Waals surface area contributed by atoms with E-state index in [9.17, 15) is 14.9 Å². The summed E-state index contributed by atoms with van der Waals surface area (Å²) in [6, 6.07) is 5.20. The van der Waals surface area contributed by atoms with Crippen molar-refractivity contribution in [1.82, 2.24) is 25.9 Å². The minimum Gasteiger partial charge on any atom is -0.342 e. The Morgan fingerprint density at radius 2 is 2.21 bits per heavy atom. The molecule has 0 saturated carbocycles. The number of tetrazole rings is 1. The molecule has 9 heteroatoms. The number of carbonyl (C=O) groups is 1. The van der Waals surface area contributed by atoms with E-state index in [1.807, 2.05) is 0 Å². The molecule has 0 radical (unpaired) electrons. The lowest BCUT2D eigenvalue weighted by molar-refractivity contribution is -0.385. The van der Waals surface area contributed by atoms with Crippen LogP contribution in [-0.2, 0) is 0 Å². The van der Waals surface area contributed by atoms with Crippen molar-refractivity contribution < 1.29 is 9.72 Å². The maximum absolute atomic E-state index is 12.0. The van der Waals surface area contributed by atoms with E-state index in [1.54, 1.807) is 13.0 Å². The maximum atomic E-state index is 12.0. The van der Waals surface area contributed by atoms with Gasteiger partial charge in [-0.2, -0.15) is 5.21 Å². The molecule has 2 rings (SSSR count). The van der Waals surface area contributed by atoms with Gasteiger partial charge in [-0.05, 0) is 13.0 Å². The van der Waals surface area contributed by atoms with Crippen LogP contribution in [0.5, 0.6) is 0 Å². The molecule has 0 fully saturated rings. The van der Waals surface area contributed by atoms with Crippen molar-refractivity contribution in [2.75, 3.05) is 0 Å². The summed E-state index contributed by atoms with van der Waals surface area (Å²) in [4.78, 5) is 22.2. The first kappa shape index (κ1) is 12.6. The van der Waals surface area contributed by atoms with Gasteiger partial charge in [0.1, 0.15) is 5.56 Å². The molecule has 0 aliphatic carbocycles. The predicted octanol–water partition coefficient (Wildman–Crippen LogP) is 0.599. The highest BCUT2D eigenvalue weighted by Gasteiger charge is 2.21. The van der Waals surface area contributed by atoms with Crippen LogP contribution in [0.1, 0.15) is 29.1 Å². The van der Waals surface area contributed by atoms with Crippen molar-refractivity contribution in [2.45, 2.75) is 13.0 Å². The van der Waals surface area contributed by atoms with Crippen molar-refractivity contribution >= 4 is 11.6 Å². The summed E-state index contributed by atoms with van der Waals surface area (Å²) in [7, 11) is 0. The molecule has 1 aromatic carbocycles. The Hall–Kier alpha value is -2.84. The maximum Gasteiger partial charge on any atom is 0.282 e.